The van der Waals surface area contributed by atoms with Crippen LogP contribution in [0, 0.1) is 16.0 Å². The second-order valence-corrected chi connectivity index (χ2v) is 6.35. The lowest BCUT2D eigenvalue weighted by Crippen LogP contribution is -2.42. The van der Waals surface area contributed by atoms with Gasteiger partial charge in [-0.1, -0.05) is 15.9 Å². The summed E-state index contributed by atoms with van der Waals surface area (Å²) in [5, 5.41) is 20.4. The highest BCUT2D eigenvalue weighted by Gasteiger charge is 2.27. The Morgan fingerprint density at radius 2 is 2.25 bits per heavy atom. The number of aliphatic hydroxyl groups is 1. The first-order valence-corrected chi connectivity index (χ1v) is 7.58. The molecule has 1 heterocycles. The summed E-state index contributed by atoms with van der Waals surface area (Å²) >= 11 is 3.37. The van der Waals surface area contributed by atoms with Crippen LogP contribution in [0.5, 0.6) is 0 Å². The Bertz CT molecular complexity index is 495. The minimum atomic E-state index is -0.333. The number of halogens is 1. The summed E-state index contributed by atoms with van der Waals surface area (Å²) in [5.74, 6) is 0.275. The van der Waals surface area contributed by atoms with Gasteiger partial charge in [-0.05, 0) is 37.8 Å². The number of piperidine rings is 1. The standard InChI is InChI=1S/C14H19BrN2O3/c1-10-2-3-11(9-18)7-16(10)8-12-6-13(15)4-5-14(12)17(19)20/h4-6,10-11,18H,2-3,7-9H2,1H3. The van der Waals surface area contributed by atoms with E-state index >= 15 is 0 Å². The largest absolute Gasteiger partial charge is 0.396 e. The molecule has 0 saturated carbocycles. The predicted molar refractivity (Wildman–Crippen MR) is 80.5 cm³/mol. The van der Waals surface area contributed by atoms with Crippen LogP contribution in [0.1, 0.15) is 25.3 Å². The minimum Gasteiger partial charge on any atom is -0.396 e. The Kier molecular flexibility index (Phi) is 5.12. The average Bonchev–Trinajstić information content (AvgIpc) is 2.41. The maximum Gasteiger partial charge on any atom is 0.273 e. The van der Waals surface area contributed by atoms with Gasteiger partial charge < -0.3 is 5.11 Å². The topological polar surface area (TPSA) is 66.6 Å². The monoisotopic (exact) mass is 342 g/mol. The third-order valence-corrected chi connectivity index (χ3v) is 4.47. The predicted octanol–water partition coefficient (Wildman–Crippen LogP) is 2.95. The van der Waals surface area contributed by atoms with Gasteiger partial charge in [-0.2, -0.15) is 0 Å². The van der Waals surface area contributed by atoms with Gasteiger partial charge in [0.05, 0.1) is 4.92 Å². The van der Waals surface area contributed by atoms with Gasteiger partial charge in [-0.15, -0.1) is 0 Å². The maximum atomic E-state index is 11.1. The normalized spacial score (nSPS) is 23.8. The van der Waals surface area contributed by atoms with Gasteiger partial charge in [0.2, 0.25) is 0 Å². The van der Waals surface area contributed by atoms with Crippen molar-refractivity contribution in [2.24, 2.45) is 5.92 Å². The number of hydrogen-bond donors (Lipinski definition) is 1. The Hall–Kier alpha value is -0.980. The highest BCUT2D eigenvalue weighted by molar-refractivity contribution is 9.10. The molecule has 6 heteroatoms. The van der Waals surface area contributed by atoms with Crippen molar-refractivity contribution >= 4 is 21.6 Å². The second-order valence-electron chi connectivity index (χ2n) is 5.43. The molecular weight excluding hydrogens is 324 g/mol. The van der Waals surface area contributed by atoms with E-state index in [1.807, 2.05) is 6.07 Å². The Morgan fingerprint density at radius 3 is 2.90 bits per heavy atom. The van der Waals surface area contributed by atoms with Crippen LogP contribution >= 0.6 is 15.9 Å². The lowest BCUT2D eigenvalue weighted by Gasteiger charge is -2.37. The molecule has 2 atom stereocenters. The Morgan fingerprint density at radius 1 is 1.50 bits per heavy atom. The molecule has 0 amide bonds. The maximum absolute atomic E-state index is 11.1. The fourth-order valence-corrected chi connectivity index (χ4v) is 3.12. The van der Waals surface area contributed by atoms with Crippen LogP contribution in [0.2, 0.25) is 0 Å². The van der Waals surface area contributed by atoms with Crippen LogP contribution in [0.4, 0.5) is 5.69 Å². The lowest BCUT2D eigenvalue weighted by atomic mass is 9.93. The van der Waals surface area contributed by atoms with Crippen LogP contribution in [-0.2, 0) is 6.54 Å². The molecule has 5 nitrogen and oxygen atoms in total. The van der Waals surface area contributed by atoms with E-state index in [1.165, 1.54) is 6.07 Å². The number of hydrogen-bond acceptors (Lipinski definition) is 4. The summed E-state index contributed by atoms with van der Waals surface area (Å²) in [4.78, 5) is 13.0. The Labute approximate surface area is 126 Å². The molecule has 2 unspecified atom stereocenters. The summed E-state index contributed by atoms with van der Waals surface area (Å²) in [7, 11) is 0. The zero-order valence-electron chi connectivity index (χ0n) is 11.5. The number of rotatable bonds is 4. The first-order valence-electron chi connectivity index (χ1n) is 6.79. The van der Waals surface area contributed by atoms with Crippen LogP contribution < -0.4 is 0 Å². The van der Waals surface area contributed by atoms with Crippen molar-refractivity contribution in [1.82, 2.24) is 4.90 Å². The van der Waals surface area contributed by atoms with Crippen molar-refractivity contribution in [3.8, 4) is 0 Å². The summed E-state index contributed by atoms with van der Waals surface area (Å²) in [6.07, 6.45) is 2.04. The minimum absolute atomic E-state index is 0.159. The first-order chi connectivity index (χ1) is 9.51. The van der Waals surface area contributed by atoms with E-state index < -0.39 is 0 Å². The van der Waals surface area contributed by atoms with Gasteiger partial charge in [-0.25, -0.2) is 0 Å². The second kappa shape index (κ2) is 6.65. The van der Waals surface area contributed by atoms with E-state index in [1.54, 1.807) is 6.07 Å². The molecule has 1 aromatic rings. The number of nitro groups is 1. The molecule has 110 valence electrons. The van der Waals surface area contributed by atoms with Gasteiger partial charge in [0, 0.05) is 41.8 Å². The molecule has 0 bridgehead atoms. The molecule has 20 heavy (non-hydrogen) atoms. The van der Waals surface area contributed by atoms with Crippen molar-refractivity contribution in [3.05, 3.63) is 38.3 Å². The zero-order valence-corrected chi connectivity index (χ0v) is 13.0. The molecule has 0 radical (unpaired) electrons. The quantitative estimate of drug-likeness (QED) is 0.674. The van der Waals surface area contributed by atoms with Gasteiger partial charge in [0.1, 0.15) is 0 Å². The summed E-state index contributed by atoms with van der Waals surface area (Å²) in [6.45, 7) is 3.66. The van der Waals surface area contributed by atoms with Gasteiger partial charge in [0.15, 0.2) is 0 Å². The smallest absolute Gasteiger partial charge is 0.273 e. The van der Waals surface area contributed by atoms with Crippen LogP contribution in [0.25, 0.3) is 0 Å². The van der Waals surface area contributed by atoms with Crippen molar-refractivity contribution in [1.29, 1.82) is 0 Å². The number of nitrogens with zero attached hydrogens (tertiary/aromatic N) is 2. The van der Waals surface area contributed by atoms with Gasteiger partial charge >= 0.3 is 0 Å². The summed E-state index contributed by atoms with van der Waals surface area (Å²) in [6, 6.07) is 5.43. The number of nitro benzene ring substituents is 1. The molecule has 1 fully saturated rings. The van der Waals surface area contributed by atoms with Crippen LogP contribution in [0.3, 0.4) is 0 Å². The van der Waals surface area contributed by atoms with Crippen molar-refractivity contribution in [3.63, 3.8) is 0 Å². The van der Waals surface area contributed by atoms with Gasteiger partial charge in [-0.3, -0.25) is 15.0 Å². The van der Waals surface area contributed by atoms with E-state index in [2.05, 4.69) is 27.8 Å². The van der Waals surface area contributed by atoms with E-state index in [0.717, 1.165) is 29.4 Å². The molecule has 0 spiro atoms. The summed E-state index contributed by atoms with van der Waals surface area (Å²) in [5.41, 5.74) is 0.876. The fraction of sp³-hybridized carbons (Fsp3) is 0.571. The zero-order chi connectivity index (χ0) is 14.7. The highest BCUT2D eigenvalue weighted by Crippen LogP contribution is 2.28. The molecule has 1 saturated heterocycles. The van der Waals surface area contributed by atoms with Gasteiger partial charge in [0.25, 0.3) is 5.69 Å². The third kappa shape index (κ3) is 3.56. The number of benzene rings is 1. The van der Waals surface area contributed by atoms with E-state index in [0.29, 0.717) is 12.6 Å². The number of likely N-dealkylation sites (tertiary alicyclic amines) is 1. The fourth-order valence-electron chi connectivity index (χ4n) is 2.71. The summed E-state index contributed by atoms with van der Waals surface area (Å²) < 4.78 is 0.849. The van der Waals surface area contributed by atoms with Crippen molar-refractivity contribution < 1.29 is 10.0 Å². The van der Waals surface area contributed by atoms with Crippen molar-refractivity contribution in [2.75, 3.05) is 13.2 Å². The van der Waals surface area contributed by atoms with Crippen LogP contribution in [0.15, 0.2) is 22.7 Å². The first kappa shape index (κ1) is 15.4. The van der Waals surface area contributed by atoms with Crippen molar-refractivity contribution in [2.45, 2.75) is 32.4 Å². The molecule has 1 N–H and O–H groups in total. The molecular formula is C14H19BrN2O3. The SMILES string of the molecule is CC1CCC(CO)CN1Cc1cc(Br)ccc1[N+](=O)[O-]. The van der Waals surface area contributed by atoms with E-state index in [9.17, 15) is 15.2 Å². The molecule has 0 aliphatic carbocycles. The highest BCUT2D eigenvalue weighted by atomic mass is 79.9. The molecule has 1 aliphatic rings. The van der Waals surface area contributed by atoms with Crippen LogP contribution in [-0.4, -0.2) is 34.1 Å². The average molecular weight is 343 g/mol. The Balaban J connectivity index is 2.19. The molecule has 1 aromatic carbocycles. The molecule has 1 aliphatic heterocycles. The number of aliphatic hydroxyl groups excluding tert-OH is 1. The van der Waals surface area contributed by atoms with E-state index in [4.69, 9.17) is 0 Å². The van der Waals surface area contributed by atoms with E-state index in [-0.39, 0.29) is 23.1 Å². The third-order valence-electron chi connectivity index (χ3n) is 3.98. The lowest BCUT2D eigenvalue weighted by molar-refractivity contribution is -0.385. The molecule has 2 rings (SSSR count). The molecule has 0 aromatic heterocycles.